The minimum absolute atomic E-state index is 0.0796. The number of hydrogen-bond donors (Lipinski definition) is 0. The SMILES string of the molecule is CCCCOc1c(CN2C[C@H]3CCCN3C(=O)[C@@H]2C)cccc1OC. The van der Waals surface area contributed by atoms with Crippen LogP contribution in [0, 0.1) is 0 Å². The number of rotatable bonds is 7. The highest BCUT2D eigenvalue weighted by Crippen LogP contribution is 2.34. The van der Waals surface area contributed by atoms with Crippen LogP contribution >= 0.6 is 0 Å². The van der Waals surface area contributed by atoms with Gasteiger partial charge in [0.05, 0.1) is 19.8 Å². The Morgan fingerprint density at radius 2 is 2.16 bits per heavy atom. The highest BCUT2D eigenvalue weighted by atomic mass is 16.5. The summed E-state index contributed by atoms with van der Waals surface area (Å²) in [7, 11) is 1.68. The molecular weight excluding hydrogens is 316 g/mol. The van der Waals surface area contributed by atoms with Crippen LogP contribution in [0.25, 0.3) is 0 Å². The molecule has 0 bridgehead atoms. The van der Waals surface area contributed by atoms with Crippen LogP contribution in [-0.4, -0.2) is 54.6 Å². The molecule has 0 radical (unpaired) electrons. The highest BCUT2D eigenvalue weighted by Gasteiger charge is 2.40. The summed E-state index contributed by atoms with van der Waals surface area (Å²) < 4.78 is 11.5. The zero-order valence-electron chi connectivity index (χ0n) is 15.7. The molecule has 138 valence electrons. The summed E-state index contributed by atoms with van der Waals surface area (Å²) in [5.74, 6) is 1.86. The van der Waals surface area contributed by atoms with Gasteiger partial charge >= 0.3 is 0 Å². The molecule has 1 aromatic carbocycles. The zero-order valence-corrected chi connectivity index (χ0v) is 15.7. The topological polar surface area (TPSA) is 42.0 Å². The summed E-state index contributed by atoms with van der Waals surface area (Å²) >= 11 is 0. The van der Waals surface area contributed by atoms with Gasteiger partial charge in [-0.15, -0.1) is 0 Å². The fourth-order valence-electron chi connectivity index (χ4n) is 3.89. The van der Waals surface area contributed by atoms with Crippen molar-refractivity contribution in [3.05, 3.63) is 23.8 Å². The van der Waals surface area contributed by atoms with Crippen molar-refractivity contribution in [2.45, 2.75) is 58.2 Å². The number of hydrogen-bond acceptors (Lipinski definition) is 4. The summed E-state index contributed by atoms with van der Waals surface area (Å²) in [6.45, 7) is 7.45. The molecule has 25 heavy (non-hydrogen) atoms. The molecule has 1 aromatic rings. The molecular formula is C20H30N2O3. The van der Waals surface area contributed by atoms with E-state index in [4.69, 9.17) is 9.47 Å². The van der Waals surface area contributed by atoms with Crippen LogP contribution in [0.2, 0.25) is 0 Å². The first-order valence-corrected chi connectivity index (χ1v) is 9.49. The number of carbonyl (C=O) groups is 1. The van der Waals surface area contributed by atoms with Crippen molar-refractivity contribution < 1.29 is 14.3 Å². The summed E-state index contributed by atoms with van der Waals surface area (Å²) in [5.41, 5.74) is 1.10. The Morgan fingerprint density at radius 1 is 1.32 bits per heavy atom. The second-order valence-electron chi connectivity index (χ2n) is 7.08. The van der Waals surface area contributed by atoms with E-state index in [1.807, 2.05) is 19.1 Å². The van der Waals surface area contributed by atoms with Gasteiger partial charge in [0.1, 0.15) is 0 Å². The Kier molecular flexibility index (Phi) is 5.84. The Hall–Kier alpha value is -1.75. The van der Waals surface area contributed by atoms with E-state index in [0.717, 1.165) is 62.4 Å². The van der Waals surface area contributed by atoms with E-state index >= 15 is 0 Å². The van der Waals surface area contributed by atoms with Gasteiger partial charge in [0, 0.05) is 31.2 Å². The molecule has 0 N–H and O–H groups in total. The van der Waals surface area contributed by atoms with Crippen LogP contribution in [0.15, 0.2) is 18.2 Å². The average molecular weight is 346 g/mol. The number of ether oxygens (including phenoxy) is 2. The van der Waals surface area contributed by atoms with Gasteiger partial charge in [-0.2, -0.15) is 0 Å². The second-order valence-corrected chi connectivity index (χ2v) is 7.08. The normalized spacial score (nSPS) is 23.6. The van der Waals surface area contributed by atoms with Crippen LogP contribution in [0.5, 0.6) is 11.5 Å². The van der Waals surface area contributed by atoms with Crippen LogP contribution in [0.3, 0.4) is 0 Å². The van der Waals surface area contributed by atoms with Gasteiger partial charge < -0.3 is 14.4 Å². The molecule has 3 rings (SSSR count). The number of carbonyl (C=O) groups excluding carboxylic acids is 1. The minimum Gasteiger partial charge on any atom is -0.493 e. The van der Waals surface area contributed by atoms with Crippen LogP contribution in [0.4, 0.5) is 0 Å². The summed E-state index contributed by atoms with van der Waals surface area (Å²) in [6, 6.07) is 6.32. The second kappa shape index (κ2) is 8.09. The number of methoxy groups -OCH3 is 1. The van der Waals surface area contributed by atoms with E-state index in [9.17, 15) is 4.79 Å². The molecule has 0 aliphatic carbocycles. The standard InChI is InChI=1S/C20H30N2O3/c1-4-5-12-25-19-16(8-6-10-18(19)24-3)13-21-14-17-9-7-11-22(17)20(23)15(21)2/h6,8,10,15,17H,4-5,7,9,11-14H2,1-3H3/t15-,17+/m0/s1. The first kappa shape index (κ1) is 18.1. The molecule has 0 aromatic heterocycles. The molecule has 2 aliphatic rings. The van der Waals surface area contributed by atoms with Crippen molar-refractivity contribution >= 4 is 5.91 Å². The lowest BCUT2D eigenvalue weighted by atomic mass is 10.1. The number of para-hydroxylation sites is 1. The largest absolute Gasteiger partial charge is 0.493 e. The number of amides is 1. The third-order valence-corrected chi connectivity index (χ3v) is 5.41. The van der Waals surface area contributed by atoms with Crippen LogP contribution in [-0.2, 0) is 11.3 Å². The number of nitrogens with zero attached hydrogens (tertiary/aromatic N) is 2. The van der Waals surface area contributed by atoms with Crippen molar-refractivity contribution in [1.82, 2.24) is 9.80 Å². The van der Waals surface area contributed by atoms with E-state index < -0.39 is 0 Å². The maximum Gasteiger partial charge on any atom is 0.239 e. The zero-order chi connectivity index (χ0) is 17.8. The molecule has 0 spiro atoms. The first-order chi connectivity index (χ1) is 12.2. The lowest BCUT2D eigenvalue weighted by molar-refractivity contribution is -0.143. The van der Waals surface area contributed by atoms with Gasteiger partial charge in [-0.25, -0.2) is 0 Å². The van der Waals surface area contributed by atoms with Crippen molar-refractivity contribution in [1.29, 1.82) is 0 Å². The molecule has 0 saturated carbocycles. The number of unbranched alkanes of at least 4 members (excludes halogenated alkanes) is 1. The van der Waals surface area contributed by atoms with Crippen LogP contribution < -0.4 is 9.47 Å². The number of benzene rings is 1. The Morgan fingerprint density at radius 3 is 2.92 bits per heavy atom. The molecule has 2 fully saturated rings. The third kappa shape index (κ3) is 3.76. The maximum absolute atomic E-state index is 12.7. The van der Waals surface area contributed by atoms with Crippen LogP contribution in [0.1, 0.15) is 45.1 Å². The molecule has 0 unspecified atom stereocenters. The van der Waals surface area contributed by atoms with E-state index in [2.05, 4.69) is 22.8 Å². The monoisotopic (exact) mass is 346 g/mol. The lowest BCUT2D eigenvalue weighted by Gasteiger charge is -2.41. The van der Waals surface area contributed by atoms with Crippen molar-refractivity contribution in [3.63, 3.8) is 0 Å². The van der Waals surface area contributed by atoms with Crippen molar-refractivity contribution in [2.75, 3.05) is 26.8 Å². The van der Waals surface area contributed by atoms with Gasteiger partial charge in [-0.05, 0) is 32.3 Å². The van der Waals surface area contributed by atoms with Gasteiger partial charge in [-0.1, -0.05) is 25.5 Å². The molecule has 2 heterocycles. The van der Waals surface area contributed by atoms with Gasteiger partial charge in [0.15, 0.2) is 11.5 Å². The summed E-state index contributed by atoms with van der Waals surface area (Å²) in [5, 5.41) is 0. The van der Waals surface area contributed by atoms with Gasteiger partial charge in [0.25, 0.3) is 0 Å². The molecule has 5 heteroatoms. The van der Waals surface area contributed by atoms with Gasteiger partial charge in [0.2, 0.25) is 5.91 Å². The number of piperazine rings is 1. The molecule has 2 atom stereocenters. The lowest BCUT2D eigenvalue weighted by Crippen LogP contribution is -2.58. The van der Waals surface area contributed by atoms with E-state index in [-0.39, 0.29) is 11.9 Å². The minimum atomic E-state index is -0.0796. The Bertz CT molecular complexity index is 605. The predicted molar refractivity (Wildman–Crippen MR) is 98.0 cm³/mol. The molecule has 5 nitrogen and oxygen atoms in total. The fraction of sp³-hybridized carbons (Fsp3) is 0.650. The maximum atomic E-state index is 12.7. The summed E-state index contributed by atoms with van der Waals surface area (Å²) in [4.78, 5) is 17.0. The smallest absolute Gasteiger partial charge is 0.239 e. The highest BCUT2D eigenvalue weighted by molar-refractivity contribution is 5.83. The first-order valence-electron chi connectivity index (χ1n) is 9.49. The van der Waals surface area contributed by atoms with E-state index in [1.54, 1.807) is 7.11 Å². The average Bonchev–Trinajstić information content (AvgIpc) is 3.09. The Balaban J connectivity index is 1.78. The van der Waals surface area contributed by atoms with Crippen molar-refractivity contribution in [2.24, 2.45) is 0 Å². The quantitative estimate of drug-likeness (QED) is 0.712. The number of fused-ring (bicyclic) bond motifs is 1. The van der Waals surface area contributed by atoms with Gasteiger partial charge in [-0.3, -0.25) is 9.69 Å². The predicted octanol–water partition coefficient (Wildman–Crippen LogP) is 3.07. The van der Waals surface area contributed by atoms with E-state index in [1.165, 1.54) is 0 Å². The Labute approximate surface area is 150 Å². The van der Waals surface area contributed by atoms with E-state index in [0.29, 0.717) is 12.6 Å². The molecule has 1 amide bonds. The fourth-order valence-corrected chi connectivity index (χ4v) is 3.89. The molecule has 2 saturated heterocycles. The molecule has 2 aliphatic heterocycles. The summed E-state index contributed by atoms with van der Waals surface area (Å²) in [6.07, 6.45) is 4.36. The third-order valence-electron chi connectivity index (χ3n) is 5.41. The van der Waals surface area contributed by atoms with Crippen molar-refractivity contribution in [3.8, 4) is 11.5 Å².